The average molecular weight is 330 g/mol. The molecule has 0 aliphatic carbocycles. The molecule has 1 aliphatic rings. The van der Waals surface area contributed by atoms with E-state index < -0.39 is 26.7 Å². The van der Waals surface area contributed by atoms with Crippen LogP contribution in [0.15, 0.2) is 23.1 Å². The van der Waals surface area contributed by atoms with Gasteiger partial charge in [0.25, 0.3) is 0 Å². The van der Waals surface area contributed by atoms with Gasteiger partial charge in [0.15, 0.2) is 0 Å². The van der Waals surface area contributed by atoms with Crippen LogP contribution in [0, 0.1) is 11.7 Å². The molecular formula is C14H19FN2O4S. The van der Waals surface area contributed by atoms with E-state index in [0.29, 0.717) is 6.54 Å². The summed E-state index contributed by atoms with van der Waals surface area (Å²) in [6.45, 7) is 3.26. The van der Waals surface area contributed by atoms with Crippen LogP contribution < -0.4 is 10.0 Å². The molecule has 1 aliphatic heterocycles. The first kappa shape index (κ1) is 16.9. The Kier molecular flexibility index (Phi) is 5.15. The Balaban J connectivity index is 2.36. The summed E-state index contributed by atoms with van der Waals surface area (Å²) in [7, 11) is -2.89. The molecule has 2 N–H and O–H groups in total. The zero-order valence-corrected chi connectivity index (χ0v) is 13.2. The first-order valence-electron chi connectivity index (χ1n) is 6.96. The van der Waals surface area contributed by atoms with Crippen LogP contribution in [0.2, 0.25) is 0 Å². The van der Waals surface area contributed by atoms with Crippen LogP contribution >= 0.6 is 0 Å². The van der Waals surface area contributed by atoms with E-state index in [1.807, 2.05) is 6.92 Å². The topological polar surface area (TPSA) is 84.5 Å². The van der Waals surface area contributed by atoms with Crippen molar-refractivity contribution >= 4 is 16.0 Å². The molecule has 122 valence electrons. The third-order valence-corrected chi connectivity index (χ3v) is 5.30. The van der Waals surface area contributed by atoms with Crippen LogP contribution in [0.5, 0.6) is 0 Å². The summed E-state index contributed by atoms with van der Waals surface area (Å²) in [4.78, 5) is 11.3. The zero-order chi connectivity index (χ0) is 16.3. The van der Waals surface area contributed by atoms with Crippen molar-refractivity contribution in [1.82, 2.24) is 10.0 Å². The molecule has 2 rings (SSSR count). The van der Waals surface area contributed by atoms with E-state index in [9.17, 15) is 17.6 Å². The fourth-order valence-electron chi connectivity index (χ4n) is 2.41. The van der Waals surface area contributed by atoms with Crippen molar-refractivity contribution in [3.8, 4) is 0 Å². The van der Waals surface area contributed by atoms with Gasteiger partial charge < -0.3 is 10.1 Å². The van der Waals surface area contributed by atoms with Crippen molar-refractivity contribution in [2.75, 3.05) is 20.2 Å². The number of nitrogens with one attached hydrogen (secondary N) is 2. The van der Waals surface area contributed by atoms with Gasteiger partial charge in [0, 0.05) is 12.6 Å². The second kappa shape index (κ2) is 6.72. The van der Waals surface area contributed by atoms with Gasteiger partial charge >= 0.3 is 5.97 Å². The van der Waals surface area contributed by atoms with Gasteiger partial charge in [-0.25, -0.2) is 22.3 Å². The number of carbonyl (C=O) groups is 1. The average Bonchev–Trinajstić information content (AvgIpc) is 2.48. The molecule has 0 aromatic heterocycles. The lowest BCUT2D eigenvalue weighted by Gasteiger charge is -2.30. The first-order valence-corrected chi connectivity index (χ1v) is 8.44. The minimum absolute atomic E-state index is 0.145. The highest BCUT2D eigenvalue weighted by molar-refractivity contribution is 7.89. The van der Waals surface area contributed by atoms with E-state index >= 15 is 0 Å². The quantitative estimate of drug-likeness (QED) is 0.801. The molecule has 1 fully saturated rings. The molecule has 1 heterocycles. The van der Waals surface area contributed by atoms with Crippen molar-refractivity contribution in [2.45, 2.75) is 24.3 Å². The highest BCUT2D eigenvalue weighted by atomic mass is 32.2. The minimum Gasteiger partial charge on any atom is -0.465 e. The van der Waals surface area contributed by atoms with Gasteiger partial charge in [0.05, 0.1) is 17.6 Å². The number of esters is 1. The second-order valence-electron chi connectivity index (χ2n) is 5.33. The molecular weight excluding hydrogens is 311 g/mol. The molecule has 0 amide bonds. The van der Waals surface area contributed by atoms with Gasteiger partial charge in [-0.3, -0.25) is 0 Å². The molecule has 1 aromatic rings. The standard InChI is InChI=1S/C14H19FN2O4S/c1-9-5-6-16-8-12(9)17-22(19,20)13-7-10(15)3-4-11(13)14(18)21-2/h3-4,7,9,12,16-17H,5-6,8H2,1-2H3. The molecule has 6 nitrogen and oxygen atoms in total. The Labute approximate surface area is 129 Å². The highest BCUT2D eigenvalue weighted by Gasteiger charge is 2.30. The molecule has 2 unspecified atom stereocenters. The number of piperidine rings is 1. The van der Waals surface area contributed by atoms with E-state index in [-0.39, 0.29) is 17.5 Å². The molecule has 0 saturated carbocycles. The van der Waals surface area contributed by atoms with Gasteiger partial charge in [-0.2, -0.15) is 0 Å². The Hall–Kier alpha value is -1.51. The molecule has 1 aromatic carbocycles. The number of sulfonamides is 1. The van der Waals surface area contributed by atoms with Crippen molar-refractivity contribution in [2.24, 2.45) is 5.92 Å². The number of methoxy groups -OCH3 is 1. The largest absolute Gasteiger partial charge is 0.465 e. The van der Waals surface area contributed by atoms with Crippen LogP contribution in [-0.4, -0.2) is 40.6 Å². The highest BCUT2D eigenvalue weighted by Crippen LogP contribution is 2.21. The number of carbonyl (C=O) groups excluding carboxylic acids is 1. The molecule has 0 radical (unpaired) electrons. The third-order valence-electron chi connectivity index (χ3n) is 3.77. The lowest BCUT2D eigenvalue weighted by Crippen LogP contribution is -2.50. The summed E-state index contributed by atoms with van der Waals surface area (Å²) in [6.07, 6.45) is 0.834. The lowest BCUT2D eigenvalue weighted by atomic mass is 9.96. The van der Waals surface area contributed by atoms with Crippen LogP contribution in [-0.2, 0) is 14.8 Å². The van der Waals surface area contributed by atoms with E-state index in [1.54, 1.807) is 0 Å². The maximum Gasteiger partial charge on any atom is 0.339 e. The van der Waals surface area contributed by atoms with Crippen molar-refractivity contribution in [1.29, 1.82) is 0 Å². The Morgan fingerprint density at radius 3 is 2.82 bits per heavy atom. The fourth-order valence-corrected chi connectivity index (χ4v) is 3.96. The predicted octanol–water partition coefficient (Wildman–Crippen LogP) is 0.889. The van der Waals surface area contributed by atoms with Crippen molar-refractivity contribution in [3.63, 3.8) is 0 Å². The molecule has 8 heteroatoms. The van der Waals surface area contributed by atoms with Crippen molar-refractivity contribution < 1.29 is 22.3 Å². The summed E-state index contributed by atoms with van der Waals surface area (Å²) >= 11 is 0. The summed E-state index contributed by atoms with van der Waals surface area (Å²) < 4.78 is 45.6. The van der Waals surface area contributed by atoms with Gasteiger partial charge in [-0.15, -0.1) is 0 Å². The smallest absolute Gasteiger partial charge is 0.339 e. The number of rotatable bonds is 4. The van der Waals surface area contributed by atoms with Gasteiger partial charge in [0.2, 0.25) is 10.0 Å². The van der Waals surface area contributed by atoms with Crippen molar-refractivity contribution in [3.05, 3.63) is 29.6 Å². The Morgan fingerprint density at radius 2 is 2.18 bits per heavy atom. The molecule has 2 atom stereocenters. The Bertz CT molecular complexity index is 663. The SMILES string of the molecule is COC(=O)c1ccc(F)cc1S(=O)(=O)NC1CNCCC1C. The normalized spacial score (nSPS) is 22.3. The van der Waals surface area contributed by atoms with Gasteiger partial charge in [0.1, 0.15) is 5.82 Å². The van der Waals surface area contributed by atoms with E-state index in [2.05, 4.69) is 14.8 Å². The second-order valence-corrected chi connectivity index (χ2v) is 7.01. The Morgan fingerprint density at radius 1 is 1.45 bits per heavy atom. The van der Waals surface area contributed by atoms with Gasteiger partial charge in [-0.1, -0.05) is 6.92 Å². The van der Waals surface area contributed by atoms with Crippen LogP contribution in [0.25, 0.3) is 0 Å². The number of halogens is 1. The van der Waals surface area contributed by atoms with E-state index in [4.69, 9.17) is 0 Å². The number of hydrogen-bond acceptors (Lipinski definition) is 5. The summed E-state index contributed by atoms with van der Waals surface area (Å²) in [5.74, 6) is -1.41. The number of hydrogen-bond donors (Lipinski definition) is 2. The fraction of sp³-hybridized carbons (Fsp3) is 0.500. The van der Waals surface area contributed by atoms with E-state index in [0.717, 1.165) is 38.3 Å². The van der Waals surface area contributed by atoms with E-state index in [1.165, 1.54) is 0 Å². The summed E-state index contributed by atoms with van der Waals surface area (Å²) in [5, 5.41) is 3.11. The molecule has 0 spiro atoms. The van der Waals surface area contributed by atoms with Crippen LogP contribution in [0.1, 0.15) is 23.7 Å². The first-order chi connectivity index (χ1) is 10.3. The molecule has 22 heavy (non-hydrogen) atoms. The molecule has 0 bridgehead atoms. The van der Waals surface area contributed by atoms with Crippen LogP contribution in [0.4, 0.5) is 4.39 Å². The van der Waals surface area contributed by atoms with Gasteiger partial charge in [-0.05, 0) is 37.1 Å². The number of benzene rings is 1. The maximum absolute atomic E-state index is 13.4. The number of ether oxygens (including phenoxy) is 1. The maximum atomic E-state index is 13.4. The summed E-state index contributed by atoms with van der Waals surface area (Å²) in [6, 6.07) is 2.65. The molecule has 1 saturated heterocycles. The lowest BCUT2D eigenvalue weighted by molar-refractivity contribution is 0.0596. The zero-order valence-electron chi connectivity index (χ0n) is 12.4. The predicted molar refractivity (Wildman–Crippen MR) is 78.5 cm³/mol. The monoisotopic (exact) mass is 330 g/mol. The third kappa shape index (κ3) is 3.63. The summed E-state index contributed by atoms with van der Waals surface area (Å²) in [5.41, 5.74) is -0.187. The van der Waals surface area contributed by atoms with Crippen LogP contribution in [0.3, 0.4) is 0 Å². The minimum atomic E-state index is -4.03.